The van der Waals surface area contributed by atoms with Crippen LogP contribution in [0.2, 0.25) is 0 Å². The molecule has 1 aromatic carbocycles. The molecule has 0 aliphatic heterocycles. The fourth-order valence-electron chi connectivity index (χ4n) is 1.51. The van der Waals surface area contributed by atoms with Gasteiger partial charge in [-0.1, -0.05) is 11.3 Å². The molecule has 0 bridgehead atoms. The Bertz CT molecular complexity index is 504. The van der Waals surface area contributed by atoms with Gasteiger partial charge >= 0.3 is 0 Å². The van der Waals surface area contributed by atoms with Crippen LogP contribution >= 0.6 is 11.3 Å². The highest BCUT2D eigenvalue weighted by molar-refractivity contribution is 7.14. The van der Waals surface area contributed by atoms with Crippen LogP contribution in [0.4, 0.5) is 4.39 Å². The van der Waals surface area contributed by atoms with Crippen molar-refractivity contribution in [1.29, 1.82) is 0 Å². The first-order chi connectivity index (χ1) is 8.10. The van der Waals surface area contributed by atoms with Crippen LogP contribution in [0, 0.1) is 12.7 Å². The van der Waals surface area contributed by atoms with Crippen LogP contribution in [0.15, 0.2) is 18.2 Å². The molecule has 0 saturated heterocycles. The maximum atomic E-state index is 13.3. The minimum Gasteiger partial charge on any atom is -0.311 e. The number of rotatable bonds is 3. The Morgan fingerprint density at radius 1 is 1.29 bits per heavy atom. The lowest BCUT2D eigenvalue weighted by molar-refractivity contribution is 0.627. The maximum Gasteiger partial charge on any atom is 0.147 e. The minimum atomic E-state index is -0.238. The van der Waals surface area contributed by atoms with E-state index in [1.54, 1.807) is 0 Å². The molecule has 1 unspecified atom stereocenters. The summed E-state index contributed by atoms with van der Waals surface area (Å²) in [6.07, 6.45) is 0. The first-order valence-electron chi connectivity index (χ1n) is 5.38. The molecule has 0 spiro atoms. The van der Waals surface area contributed by atoms with Gasteiger partial charge in [-0.15, -0.1) is 10.2 Å². The number of nitrogens with one attached hydrogen (secondary N) is 1. The summed E-state index contributed by atoms with van der Waals surface area (Å²) in [6, 6.07) is 5.07. The highest BCUT2D eigenvalue weighted by Gasteiger charge is 2.12. The summed E-state index contributed by atoms with van der Waals surface area (Å²) in [5, 5.41) is 13.0. The van der Waals surface area contributed by atoms with E-state index in [0.717, 1.165) is 21.1 Å². The van der Waals surface area contributed by atoms with Crippen molar-refractivity contribution >= 4 is 11.3 Å². The second kappa shape index (κ2) is 4.89. The van der Waals surface area contributed by atoms with Crippen molar-refractivity contribution in [2.45, 2.75) is 19.9 Å². The molecule has 1 N–H and O–H groups in total. The van der Waals surface area contributed by atoms with Crippen LogP contribution < -0.4 is 5.32 Å². The quantitative estimate of drug-likeness (QED) is 0.911. The summed E-state index contributed by atoms with van der Waals surface area (Å²) in [5.41, 5.74) is 1.67. The van der Waals surface area contributed by atoms with Crippen molar-refractivity contribution in [1.82, 2.24) is 15.5 Å². The lowest BCUT2D eigenvalue weighted by Crippen LogP contribution is -2.11. The van der Waals surface area contributed by atoms with E-state index < -0.39 is 0 Å². The largest absolute Gasteiger partial charge is 0.311 e. The van der Waals surface area contributed by atoms with Crippen LogP contribution in [0.5, 0.6) is 0 Å². The van der Waals surface area contributed by atoms with Crippen molar-refractivity contribution in [2.24, 2.45) is 0 Å². The Morgan fingerprint density at radius 2 is 2.06 bits per heavy atom. The van der Waals surface area contributed by atoms with E-state index >= 15 is 0 Å². The zero-order valence-electron chi connectivity index (χ0n) is 9.99. The number of nitrogens with zero attached hydrogens (tertiary/aromatic N) is 2. The predicted octanol–water partition coefficient (Wildman–Crippen LogP) is 2.93. The van der Waals surface area contributed by atoms with Crippen LogP contribution in [-0.4, -0.2) is 17.2 Å². The Hall–Kier alpha value is -1.33. The van der Waals surface area contributed by atoms with Crippen LogP contribution in [0.3, 0.4) is 0 Å². The molecule has 0 radical (unpaired) electrons. The number of benzene rings is 1. The van der Waals surface area contributed by atoms with Crippen molar-refractivity contribution < 1.29 is 4.39 Å². The molecule has 0 aliphatic carbocycles. The molecule has 5 heteroatoms. The number of aryl methyl sites for hydroxylation is 1. The Morgan fingerprint density at radius 3 is 2.71 bits per heavy atom. The summed E-state index contributed by atoms with van der Waals surface area (Å²) < 4.78 is 13.3. The van der Waals surface area contributed by atoms with Gasteiger partial charge in [0.1, 0.15) is 15.8 Å². The number of halogens is 1. The Kier molecular flexibility index (Phi) is 3.49. The molecule has 1 aromatic heterocycles. The summed E-state index contributed by atoms with van der Waals surface area (Å²) in [7, 11) is 1.87. The second-order valence-electron chi connectivity index (χ2n) is 3.97. The zero-order valence-corrected chi connectivity index (χ0v) is 10.8. The van der Waals surface area contributed by atoms with Gasteiger partial charge < -0.3 is 5.32 Å². The zero-order chi connectivity index (χ0) is 12.4. The maximum absolute atomic E-state index is 13.3. The van der Waals surface area contributed by atoms with E-state index in [4.69, 9.17) is 0 Å². The third-order valence-electron chi connectivity index (χ3n) is 2.53. The minimum absolute atomic E-state index is 0.163. The van der Waals surface area contributed by atoms with Gasteiger partial charge in [-0.2, -0.15) is 0 Å². The number of hydrogen-bond acceptors (Lipinski definition) is 4. The smallest absolute Gasteiger partial charge is 0.147 e. The van der Waals surface area contributed by atoms with Gasteiger partial charge in [-0.05, 0) is 44.7 Å². The topological polar surface area (TPSA) is 37.8 Å². The van der Waals surface area contributed by atoms with Crippen molar-refractivity contribution in [3.63, 3.8) is 0 Å². The number of aromatic nitrogens is 2. The first-order valence-corrected chi connectivity index (χ1v) is 6.20. The van der Waals surface area contributed by atoms with Crippen molar-refractivity contribution in [3.05, 3.63) is 34.6 Å². The van der Waals surface area contributed by atoms with E-state index in [2.05, 4.69) is 15.5 Å². The second-order valence-corrected chi connectivity index (χ2v) is 4.98. The number of hydrogen-bond donors (Lipinski definition) is 1. The first kappa shape index (κ1) is 12.1. The van der Waals surface area contributed by atoms with E-state index in [1.807, 2.05) is 27.0 Å². The lowest BCUT2D eigenvalue weighted by atomic mass is 10.1. The van der Waals surface area contributed by atoms with Crippen molar-refractivity contribution in [3.8, 4) is 10.6 Å². The molecule has 2 rings (SSSR count). The summed E-state index contributed by atoms with van der Waals surface area (Å²) in [4.78, 5) is 0. The molecule has 0 fully saturated rings. The molecule has 0 aliphatic rings. The third kappa shape index (κ3) is 2.68. The van der Waals surface area contributed by atoms with Crippen LogP contribution in [0.25, 0.3) is 10.6 Å². The average Bonchev–Trinajstić information content (AvgIpc) is 2.76. The molecular formula is C12H14FN3S. The standard InChI is InChI=1S/C12H14FN3S/c1-7-4-9(6-10(13)5-7)12-16-15-11(17-12)8(2)14-3/h4-6,8,14H,1-3H3. The normalized spacial score (nSPS) is 12.7. The van der Waals surface area contributed by atoms with E-state index in [9.17, 15) is 4.39 Å². The highest BCUT2D eigenvalue weighted by atomic mass is 32.1. The Balaban J connectivity index is 2.36. The van der Waals surface area contributed by atoms with E-state index in [0.29, 0.717) is 0 Å². The predicted molar refractivity (Wildman–Crippen MR) is 67.5 cm³/mol. The molecular weight excluding hydrogens is 237 g/mol. The van der Waals surface area contributed by atoms with Gasteiger partial charge in [0, 0.05) is 5.56 Å². The molecule has 0 saturated carbocycles. The van der Waals surface area contributed by atoms with Crippen LogP contribution in [0.1, 0.15) is 23.5 Å². The average molecular weight is 251 g/mol. The third-order valence-corrected chi connectivity index (χ3v) is 3.69. The van der Waals surface area contributed by atoms with Gasteiger partial charge in [-0.3, -0.25) is 0 Å². The summed E-state index contributed by atoms with van der Waals surface area (Å²) in [6.45, 7) is 3.88. The Labute approximate surface area is 104 Å². The SMILES string of the molecule is CNC(C)c1nnc(-c2cc(C)cc(F)c2)s1. The van der Waals surface area contributed by atoms with Gasteiger partial charge in [0.25, 0.3) is 0 Å². The monoisotopic (exact) mass is 251 g/mol. The van der Waals surface area contributed by atoms with Gasteiger partial charge in [0.15, 0.2) is 0 Å². The highest BCUT2D eigenvalue weighted by Crippen LogP contribution is 2.27. The molecule has 0 amide bonds. The van der Waals surface area contributed by atoms with E-state index in [-0.39, 0.29) is 11.9 Å². The lowest BCUT2D eigenvalue weighted by Gasteiger charge is -2.03. The molecule has 2 aromatic rings. The van der Waals surface area contributed by atoms with E-state index in [1.165, 1.54) is 23.5 Å². The fourth-order valence-corrected chi connectivity index (χ4v) is 2.40. The molecule has 17 heavy (non-hydrogen) atoms. The molecule has 3 nitrogen and oxygen atoms in total. The van der Waals surface area contributed by atoms with Crippen molar-refractivity contribution in [2.75, 3.05) is 7.05 Å². The van der Waals surface area contributed by atoms with Crippen LogP contribution in [-0.2, 0) is 0 Å². The summed E-state index contributed by atoms with van der Waals surface area (Å²) >= 11 is 1.48. The van der Waals surface area contributed by atoms with Gasteiger partial charge in [-0.25, -0.2) is 4.39 Å². The molecule has 1 heterocycles. The van der Waals surface area contributed by atoms with Gasteiger partial charge in [0.2, 0.25) is 0 Å². The molecule has 1 atom stereocenters. The van der Waals surface area contributed by atoms with Gasteiger partial charge in [0.05, 0.1) is 6.04 Å². The fraction of sp³-hybridized carbons (Fsp3) is 0.333. The molecule has 90 valence electrons. The summed E-state index contributed by atoms with van der Waals surface area (Å²) in [5.74, 6) is -0.238.